The Hall–Kier alpha value is -1.02. The van der Waals surface area contributed by atoms with Crippen molar-refractivity contribution in [3.8, 4) is 5.75 Å². The number of benzene rings is 1. The molecule has 2 nitrogen and oxygen atoms in total. The van der Waals surface area contributed by atoms with Gasteiger partial charge in [-0.2, -0.15) is 0 Å². The first-order valence-electron chi connectivity index (χ1n) is 5.74. The lowest BCUT2D eigenvalue weighted by Crippen LogP contribution is -2.17. The van der Waals surface area contributed by atoms with Crippen LogP contribution in [0.3, 0.4) is 0 Å². The fourth-order valence-corrected chi connectivity index (χ4v) is 2.18. The van der Waals surface area contributed by atoms with E-state index >= 15 is 0 Å². The molecule has 2 rings (SSSR count). The Morgan fingerprint density at radius 2 is 2.13 bits per heavy atom. The van der Waals surface area contributed by atoms with Crippen LogP contribution in [0.5, 0.6) is 5.75 Å². The Morgan fingerprint density at radius 1 is 1.33 bits per heavy atom. The third kappa shape index (κ3) is 1.74. The maximum absolute atomic E-state index is 10.1. The van der Waals surface area contributed by atoms with Gasteiger partial charge in [0.1, 0.15) is 18.0 Å². The average molecular weight is 206 g/mol. The zero-order valence-corrected chi connectivity index (χ0v) is 9.36. The van der Waals surface area contributed by atoms with Crippen molar-refractivity contribution in [1.82, 2.24) is 0 Å². The summed E-state index contributed by atoms with van der Waals surface area (Å²) in [7, 11) is 0. The first-order chi connectivity index (χ1) is 7.27. The molecule has 0 aliphatic carbocycles. The van der Waals surface area contributed by atoms with Crippen LogP contribution in [0.25, 0.3) is 0 Å². The normalized spacial score (nSPS) is 23.7. The summed E-state index contributed by atoms with van der Waals surface area (Å²) in [5.74, 6) is 0.922. The molecule has 82 valence electrons. The minimum Gasteiger partial charge on any atom is -0.487 e. The summed E-state index contributed by atoms with van der Waals surface area (Å²) in [6, 6.07) is 6.03. The van der Waals surface area contributed by atoms with Crippen molar-refractivity contribution >= 4 is 0 Å². The number of hydrogen-bond donors (Lipinski definition) is 1. The number of para-hydroxylation sites is 1. The highest BCUT2D eigenvalue weighted by Gasteiger charge is 2.33. The Labute approximate surface area is 90.9 Å². The van der Waals surface area contributed by atoms with Gasteiger partial charge >= 0.3 is 0 Å². The van der Waals surface area contributed by atoms with Gasteiger partial charge in [0, 0.05) is 5.56 Å². The monoisotopic (exact) mass is 206 g/mol. The predicted molar refractivity (Wildman–Crippen MR) is 60.1 cm³/mol. The molecule has 0 amide bonds. The first kappa shape index (κ1) is 10.5. The van der Waals surface area contributed by atoms with Gasteiger partial charge in [0.2, 0.25) is 0 Å². The van der Waals surface area contributed by atoms with Crippen molar-refractivity contribution in [2.75, 3.05) is 0 Å². The van der Waals surface area contributed by atoms with Crippen molar-refractivity contribution in [2.45, 2.75) is 45.3 Å². The van der Waals surface area contributed by atoms with Crippen LogP contribution >= 0.6 is 0 Å². The third-order valence-corrected chi connectivity index (χ3v) is 3.02. The van der Waals surface area contributed by atoms with Gasteiger partial charge in [-0.15, -0.1) is 0 Å². The molecule has 1 aromatic rings. The summed E-state index contributed by atoms with van der Waals surface area (Å²) in [6.07, 6.45) is 2.43. The van der Waals surface area contributed by atoms with Crippen molar-refractivity contribution in [1.29, 1.82) is 0 Å². The van der Waals surface area contributed by atoms with E-state index in [0.717, 1.165) is 30.6 Å². The van der Waals surface area contributed by atoms with Crippen molar-refractivity contribution in [2.24, 2.45) is 0 Å². The molecule has 0 radical (unpaired) electrons. The van der Waals surface area contributed by atoms with Gasteiger partial charge in [-0.3, -0.25) is 0 Å². The standard InChI is InChI=1S/C13H18O2/c1-3-6-11-12(14)10-8-5-7-9(4-2)13(10)15-11/h5,7-8,11-12,14H,3-4,6H2,1-2H3. The van der Waals surface area contributed by atoms with Gasteiger partial charge in [-0.1, -0.05) is 38.5 Å². The molecule has 0 saturated carbocycles. The first-order valence-corrected chi connectivity index (χ1v) is 5.74. The van der Waals surface area contributed by atoms with Crippen molar-refractivity contribution < 1.29 is 9.84 Å². The number of aliphatic hydroxyl groups excluding tert-OH is 1. The van der Waals surface area contributed by atoms with Gasteiger partial charge in [-0.25, -0.2) is 0 Å². The Morgan fingerprint density at radius 3 is 2.80 bits per heavy atom. The van der Waals surface area contributed by atoms with Crippen LogP contribution in [0.4, 0.5) is 0 Å². The molecule has 0 saturated heterocycles. The summed E-state index contributed by atoms with van der Waals surface area (Å²) in [4.78, 5) is 0. The van der Waals surface area contributed by atoms with Crippen LogP contribution in [0.1, 0.15) is 43.9 Å². The number of aryl methyl sites for hydroxylation is 1. The molecule has 0 spiro atoms. The van der Waals surface area contributed by atoms with E-state index in [1.54, 1.807) is 0 Å². The number of rotatable bonds is 3. The second kappa shape index (κ2) is 4.23. The second-order valence-corrected chi connectivity index (χ2v) is 4.08. The van der Waals surface area contributed by atoms with Crippen molar-refractivity contribution in [3.05, 3.63) is 29.3 Å². The van der Waals surface area contributed by atoms with Crippen LogP contribution in [0.2, 0.25) is 0 Å². The van der Waals surface area contributed by atoms with E-state index in [1.807, 2.05) is 12.1 Å². The summed E-state index contributed by atoms with van der Waals surface area (Å²) >= 11 is 0. The van der Waals surface area contributed by atoms with E-state index < -0.39 is 6.10 Å². The Balaban J connectivity index is 2.31. The number of ether oxygens (including phenoxy) is 1. The van der Waals surface area contributed by atoms with Crippen LogP contribution in [0.15, 0.2) is 18.2 Å². The van der Waals surface area contributed by atoms with Gasteiger partial charge in [0.05, 0.1) is 0 Å². The Bertz CT molecular complexity index is 346. The molecule has 0 bridgehead atoms. The summed E-state index contributed by atoms with van der Waals surface area (Å²) in [5.41, 5.74) is 2.16. The minimum absolute atomic E-state index is 0.0438. The fourth-order valence-electron chi connectivity index (χ4n) is 2.18. The summed E-state index contributed by atoms with van der Waals surface area (Å²) in [6.45, 7) is 4.22. The van der Waals surface area contributed by atoms with Crippen molar-refractivity contribution in [3.63, 3.8) is 0 Å². The molecule has 15 heavy (non-hydrogen) atoms. The van der Waals surface area contributed by atoms with Crippen LogP contribution < -0.4 is 4.74 Å². The lowest BCUT2D eigenvalue weighted by molar-refractivity contribution is 0.0614. The minimum atomic E-state index is -0.438. The van der Waals surface area contributed by atoms with Gasteiger partial charge in [0.25, 0.3) is 0 Å². The smallest absolute Gasteiger partial charge is 0.129 e. The molecule has 1 heterocycles. The number of hydrogen-bond acceptors (Lipinski definition) is 2. The fraction of sp³-hybridized carbons (Fsp3) is 0.538. The highest BCUT2D eigenvalue weighted by atomic mass is 16.5. The third-order valence-electron chi connectivity index (χ3n) is 3.02. The zero-order chi connectivity index (χ0) is 10.8. The molecule has 1 aliphatic rings. The zero-order valence-electron chi connectivity index (χ0n) is 9.36. The second-order valence-electron chi connectivity index (χ2n) is 4.08. The van der Waals surface area contributed by atoms with E-state index in [1.165, 1.54) is 5.56 Å². The highest BCUT2D eigenvalue weighted by Crippen LogP contribution is 2.40. The molecule has 2 atom stereocenters. The summed E-state index contributed by atoms with van der Waals surface area (Å²) < 4.78 is 5.83. The topological polar surface area (TPSA) is 29.5 Å². The maximum Gasteiger partial charge on any atom is 0.129 e. The average Bonchev–Trinajstić information content (AvgIpc) is 2.57. The molecular weight excluding hydrogens is 188 g/mol. The highest BCUT2D eigenvalue weighted by molar-refractivity contribution is 5.46. The predicted octanol–water partition coefficient (Wildman–Crippen LogP) is 2.84. The molecule has 0 fully saturated rings. The van der Waals surface area contributed by atoms with Gasteiger partial charge in [-0.05, 0) is 18.4 Å². The molecule has 2 heteroatoms. The molecule has 1 aliphatic heterocycles. The lowest BCUT2D eigenvalue weighted by atomic mass is 10.0. The lowest BCUT2D eigenvalue weighted by Gasteiger charge is -2.13. The number of aliphatic hydroxyl groups is 1. The van der Waals surface area contributed by atoms with E-state index in [4.69, 9.17) is 4.74 Å². The maximum atomic E-state index is 10.1. The molecule has 1 aromatic carbocycles. The van der Waals surface area contributed by atoms with Crippen LogP contribution in [-0.2, 0) is 6.42 Å². The van der Waals surface area contributed by atoms with E-state index in [2.05, 4.69) is 19.9 Å². The van der Waals surface area contributed by atoms with E-state index in [9.17, 15) is 5.11 Å². The summed E-state index contributed by atoms with van der Waals surface area (Å²) in [5, 5.41) is 10.1. The molecule has 0 aromatic heterocycles. The van der Waals surface area contributed by atoms with Crippen LogP contribution in [0, 0.1) is 0 Å². The van der Waals surface area contributed by atoms with E-state index in [-0.39, 0.29) is 6.10 Å². The molecule has 2 unspecified atom stereocenters. The van der Waals surface area contributed by atoms with E-state index in [0.29, 0.717) is 0 Å². The Kier molecular flexibility index (Phi) is 2.96. The molecular formula is C13H18O2. The van der Waals surface area contributed by atoms with Crippen LogP contribution in [-0.4, -0.2) is 11.2 Å². The van der Waals surface area contributed by atoms with Gasteiger partial charge in [0.15, 0.2) is 0 Å². The SMILES string of the molecule is CCCC1Oc2c(CC)cccc2C1O. The van der Waals surface area contributed by atoms with Gasteiger partial charge < -0.3 is 9.84 Å². The number of fused-ring (bicyclic) bond motifs is 1. The molecule has 1 N–H and O–H groups in total. The largest absolute Gasteiger partial charge is 0.487 e. The quantitative estimate of drug-likeness (QED) is 0.824.